The van der Waals surface area contributed by atoms with Crippen molar-refractivity contribution in [3.05, 3.63) is 64.5 Å². The second kappa shape index (κ2) is 8.30. The average Bonchev–Trinajstić information content (AvgIpc) is 3.08. The molecular weight excluding hydrogens is 419 g/mol. The summed E-state index contributed by atoms with van der Waals surface area (Å²) in [6, 6.07) is 11.2. The van der Waals surface area contributed by atoms with Gasteiger partial charge in [-0.25, -0.2) is 0 Å². The van der Waals surface area contributed by atoms with Gasteiger partial charge in [-0.3, -0.25) is 9.78 Å². The minimum Gasteiger partial charge on any atom is -0.494 e. The standard InChI is InChI=1S/C24H22F3N3O2/c1-15-3-6-21(29-14-15)18-12-23(30-22(31)19(18)13-28)9-7-16-11-17(4-5-20(16)23)32-10-2-8-24(25,26)27/h3-6,11,14H,2,7-10,12H2,1H3,(H,30,31)/t23-/m0/s1. The fourth-order valence-electron chi connectivity index (χ4n) is 4.43. The minimum absolute atomic E-state index is 0.0162. The number of carbonyl (C=O) groups is 1. The number of fused-ring (bicyclic) bond motifs is 2. The fourth-order valence-corrected chi connectivity index (χ4v) is 4.43. The Labute approximate surface area is 183 Å². The molecule has 0 fully saturated rings. The van der Waals surface area contributed by atoms with Crippen molar-refractivity contribution in [3.8, 4) is 11.8 Å². The Hall–Kier alpha value is -3.34. The van der Waals surface area contributed by atoms with Gasteiger partial charge >= 0.3 is 6.18 Å². The van der Waals surface area contributed by atoms with Crippen LogP contribution in [0.25, 0.3) is 5.57 Å². The van der Waals surface area contributed by atoms with Crippen LogP contribution in [0.15, 0.2) is 42.1 Å². The summed E-state index contributed by atoms with van der Waals surface area (Å²) in [5.74, 6) is 0.0928. The zero-order chi connectivity index (χ0) is 22.9. The Bertz CT molecular complexity index is 1120. The van der Waals surface area contributed by atoms with Gasteiger partial charge in [0.2, 0.25) is 0 Å². The van der Waals surface area contributed by atoms with Crippen molar-refractivity contribution in [1.82, 2.24) is 10.3 Å². The van der Waals surface area contributed by atoms with E-state index in [0.29, 0.717) is 36.3 Å². The molecule has 1 spiro atoms. The van der Waals surface area contributed by atoms with Gasteiger partial charge in [-0.05, 0) is 61.1 Å². The molecule has 0 unspecified atom stereocenters. The number of ether oxygens (including phenoxy) is 1. The van der Waals surface area contributed by atoms with Crippen molar-refractivity contribution in [2.24, 2.45) is 0 Å². The molecule has 0 bridgehead atoms. The number of aromatic nitrogens is 1. The van der Waals surface area contributed by atoms with E-state index in [9.17, 15) is 23.2 Å². The molecule has 2 heterocycles. The molecule has 1 aromatic carbocycles. The lowest BCUT2D eigenvalue weighted by Crippen LogP contribution is -2.48. The maximum atomic E-state index is 12.8. The average molecular weight is 441 g/mol. The lowest BCUT2D eigenvalue weighted by atomic mass is 9.79. The minimum atomic E-state index is -4.19. The number of alkyl halides is 3. The van der Waals surface area contributed by atoms with Crippen LogP contribution in [0.3, 0.4) is 0 Å². The van der Waals surface area contributed by atoms with Gasteiger partial charge in [0, 0.05) is 24.6 Å². The van der Waals surface area contributed by atoms with Gasteiger partial charge in [-0.2, -0.15) is 18.4 Å². The van der Waals surface area contributed by atoms with Crippen molar-refractivity contribution in [1.29, 1.82) is 5.26 Å². The summed E-state index contributed by atoms with van der Waals surface area (Å²) in [4.78, 5) is 17.3. The van der Waals surface area contributed by atoms with Gasteiger partial charge < -0.3 is 10.1 Å². The van der Waals surface area contributed by atoms with Crippen LogP contribution in [0.4, 0.5) is 13.2 Å². The molecule has 1 atom stereocenters. The third-order valence-corrected chi connectivity index (χ3v) is 5.98. The van der Waals surface area contributed by atoms with E-state index in [2.05, 4.69) is 10.3 Å². The van der Waals surface area contributed by atoms with Gasteiger partial charge in [0.1, 0.15) is 17.4 Å². The van der Waals surface area contributed by atoms with Crippen molar-refractivity contribution < 1.29 is 22.7 Å². The van der Waals surface area contributed by atoms with E-state index < -0.39 is 24.0 Å². The van der Waals surface area contributed by atoms with E-state index in [-0.39, 0.29) is 18.6 Å². The van der Waals surface area contributed by atoms with E-state index in [1.165, 1.54) is 0 Å². The summed E-state index contributed by atoms with van der Waals surface area (Å²) in [6.45, 7) is 1.90. The van der Waals surface area contributed by atoms with Crippen LogP contribution in [0.2, 0.25) is 0 Å². The van der Waals surface area contributed by atoms with Gasteiger partial charge in [0.25, 0.3) is 5.91 Å². The maximum absolute atomic E-state index is 12.8. The summed E-state index contributed by atoms with van der Waals surface area (Å²) in [5, 5.41) is 12.6. The highest BCUT2D eigenvalue weighted by Gasteiger charge is 2.45. The SMILES string of the molecule is Cc1ccc(C2=C(C#N)C(=O)N[C@@]3(CCc4cc(OCCCC(F)(F)F)ccc43)C2)nc1. The van der Waals surface area contributed by atoms with Gasteiger partial charge in [0.15, 0.2) is 0 Å². The molecule has 8 heteroatoms. The van der Waals surface area contributed by atoms with E-state index in [0.717, 1.165) is 16.7 Å². The van der Waals surface area contributed by atoms with Crippen molar-refractivity contribution in [2.75, 3.05) is 6.61 Å². The number of aryl methyl sites for hydroxylation is 2. The molecule has 1 aromatic heterocycles. The summed E-state index contributed by atoms with van der Waals surface area (Å²) in [5.41, 5.74) is 3.56. The topological polar surface area (TPSA) is 75.0 Å². The highest BCUT2D eigenvalue weighted by atomic mass is 19.4. The third-order valence-electron chi connectivity index (χ3n) is 5.98. The largest absolute Gasteiger partial charge is 0.494 e. The zero-order valence-corrected chi connectivity index (χ0v) is 17.6. The molecule has 5 nitrogen and oxygen atoms in total. The first-order valence-electron chi connectivity index (χ1n) is 10.4. The Morgan fingerprint density at radius 3 is 2.78 bits per heavy atom. The quantitative estimate of drug-likeness (QED) is 0.680. The number of carbonyl (C=O) groups excluding carboxylic acids is 1. The normalized spacial score (nSPS) is 20.2. The summed E-state index contributed by atoms with van der Waals surface area (Å²) >= 11 is 0. The Kier molecular flexibility index (Phi) is 5.68. The van der Waals surface area contributed by atoms with Crippen LogP contribution in [0, 0.1) is 18.3 Å². The van der Waals surface area contributed by atoms with Crippen LogP contribution < -0.4 is 10.1 Å². The molecule has 2 aromatic rings. The second-order valence-electron chi connectivity index (χ2n) is 8.29. The van der Waals surface area contributed by atoms with Gasteiger partial charge in [-0.1, -0.05) is 12.1 Å². The third kappa shape index (κ3) is 4.33. The second-order valence-corrected chi connectivity index (χ2v) is 8.29. The van der Waals surface area contributed by atoms with Crippen LogP contribution in [-0.4, -0.2) is 23.7 Å². The van der Waals surface area contributed by atoms with Crippen LogP contribution in [-0.2, 0) is 16.8 Å². The number of nitriles is 1. The number of hydrogen-bond acceptors (Lipinski definition) is 4. The van der Waals surface area contributed by atoms with Crippen molar-refractivity contribution >= 4 is 11.5 Å². The van der Waals surface area contributed by atoms with E-state index in [1.807, 2.05) is 37.3 Å². The number of amides is 1. The highest BCUT2D eigenvalue weighted by molar-refractivity contribution is 6.07. The number of halogens is 3. The summed E-state index contributed by atoms with van der Waals surface area (Å²) < 4.78 is 42.4. The smallest absolute Gasteiger partial charge is 0.389 e. The van der Waals surface area contributed by atoms with Crippen LogP contribution >= 0.6 is 0 Å². The zero-order valence-electron chi connectivity index (χ0n) is 17.6. The summed E-state index contributed by atoms with van der Waals surface area (Å²) in [7, 11) is 0. The van der Waals surface area contributed by atoms with Crippen molar-refractivity contribution in [2.45, 2.75) is 50.7 Å². The van der Waals surface area contributed by atoms with Crippen LogP contribution in [0.5, 0.6) is 5.75 Å². The molecule has 0 saturated carbocycles. The van der Waals surface area contributed by atoms with E-state index >= 15 is 0 Å². The Balaban J connectivity index is 1.57. The first-order valence-corrected chi connectivity index (χ1v) is 10.4. The molecule has 1 N–H and O–H groups in total. The molecular formula is C24H22F3N3O2. The van der Waals surface area contributed by atoms with Crippen molar-refractivity contribution in [3.63, 3.8) is 0 Å². The number of hydrogen-bond donors (Lipinski definition) is 1. The monoisotopic (exact) mass is 441 g/mol. The molecule has 32 heavy (non-hydrogen) atoms. The molecule has 0 radical (unpaired) electrons. The number of pyridine rings is 1. The van der Waals surface area contributed by atoms with E-state index in [4.69, 9.17) is 4.74 Å². The first-order chi connectivity index (χ1) is 15.2. The lowest BCUT2D eigenvalue weighted by molar-refractivity contribution is -0.136. The Morgan fingerprint density at radius 2 is 2.09 bits per heavy atom. The first kappa shape index (κ1) is 21.9. The maximum Gasteiger partial charge on any atom is 0.389 e. The summed E-state index contributed by atoms with van der Waals surface area (Å²) in [6.07, 6.45) is -1.68. The van der Waals surface area contributed by atoms with Crippen LogP contribution in [0.1, 0.15) is 48.1 Å². The molecule has 1 amide bonds. The Morgan fingerprint density at radius 1 is 1.28 bits per heavy atom. The number of nitrogens with zero attached hydrogens (tertiary/aromatic N) is 2. The van der Waals surface area contributed by atoms with Gasteiger partial charge in [0.05, 0.1) is 17.8 Å². The molecule has 0 saturated heterocycles. The lowest BCUT2D eigenvalue weighted by Gasteiger charge is -2.36. The number of rotatable bonds is 5. The molecule has 2 aliphatic rings. The predicted molar refractivity (Wildman–Crippen MR) is 111 cm³/mol. The van der Waals surface area contributed by atoms with Gasteiger partial charge in [-0.15, -0.1) is 0 Å². The predicted octanol–water partition coefficient (Wildman–Crippen LogP) is 4.75. The molecule has 166 valence electrons. The number of benzene rings is 1. The van der Waals surface area contributed by atoms with E-state index in [1.54, 1.807) is 12.3 Å². The fraction of sp³-hybridized carbons (Fsp3) is 0.375. The number of nitrogens with one attached hydrogen (secondary N) is 1. The highest BCUT2D eigenvalue weighted by Crippen LogP contribution is 2.46. The molecule has 4 rings (SSSR count). The molecule has 1 aliphatic carbocycles. The molecule has 1 aliphatic heterocycles.